The molecule has 0 bridgehead atoms. The number of nitrogens with zero attached hydrogens (tertiary/aromatic N) is 2. The molecule has 0 radical (unpaired) electrons. The molecule has 1 amide bonds. The number of rotatable bonds is 8. The standard InChI is InChI=1S/C22H20BrN3O4S/c1-30-20-7-5-6-17(14-20)15-24-25-22(27)16-26(19-12-10-18(23)11-13-19)31(28,29)21-8-3-2-4-9-21/h2-15H,16H2,1H3,(H,25,27)/b24-15+. The minimum Gasteiger partial charge on any atom is -0.497 e. The fourth-order valence-electron chi connectivity index (χ4n) is 2.71. The number of amides is 1. The minimum absolute atomic E-state index is 0.0885. The van der Waals surface area contributed by atoms with Gasteiger partial charge in [-0.25, -0.2) is 13.8 Å². The van der Waals surface area contributed by atoms with E-state index in [4.69, 9.17) is 4.74 Å². The van der Waals surface area contributed by atoms with Crippen molar-refractivity contribution in [1.29, 1.82) is 0 Å². The first-order valence-electron chi connectivity index (χ1n) is 9.19. The number of halogens is 1. The predicted molar refractivity (Wildman–Crippen MR) is 124 cm³/mol. The summed E-state index contributed by atoms with van der Waals surface area (Å²) >= 11 is 3.33. The number of methoxy groups -OCH3 is 1. The van der Waals surface area contributed by atoms with E-state index in [1.54, 1.807) is 73.8 Å². The molecule has 0 heterocycles. The summed E-state index contributed by atoms with van der Waals surface area (Å²) in [5, 5.41) is 3.92. The molecule has 31 heavy (non-hydrogen) atoms. The number of carbonyl (C=O) groups is 1. The zero-order valence-corrected chi connectivity index (χ0v) is 19.0. The summed E-state index contributed by atoms with van der Waals surface area (Å²) in [6.07, 6.45) is 1.45. The molecule has 3 aromatic rings. The van der Waals surface area contributed by atoms with E-state index in [1.807, 2.05) is 0 Å². The third-order valence-electron chi connectivity index (χ3n) is 4.23. The van der Waals surface area contributed by atoms with E-state index in [1.165, 1.54) is 18.3 Å². The summed E-state index contributed by atoms with van der Waals surface area (Å²) in [5.41, 5.74) is 3.46. The average molecular weight is 502 g/mol. The highest BCUT2D eigenvalue weighted by Crippen LogP contribution is 2.25. The Kier molecular flexibility index (Phi) is 7.43. The van der Waals surface area contributed by atoms with Crippen LogP contribution in [0.25, 0.3) is 0 Å². The van der Waals surface area contributed by atoms with Crippen LogP contribution >= 0.6 is 15.9 Å². The van der Waals surface area contributed by atoms with Gasteiger partial charge >= 0.3 is 0 Å². The second-order valence-corrected chi connectivity index (χ2v) is 9.15. The topological polar surface area (TPSA) is 88.1 Å². The van der Waals surface area contributed by atoms with Gasteiger partial charge in [-0.2, -0.15) is 5.10 Å². The van der Waals surface area contributed by atoms with Crippen molar-refractivity contribution in [3.05, 3.63) is 88.9 Å². The van der Waals surface area contributed by atoms with E-state index in [2.05, 4.69) is 26.5 Å². The maximum atomic E-state index is 13.2. The summed E-state index contributed by atoms with van der Waals surface area (Å²) in [6, 6.07) is 21.8. The lowest BCUT2D eigenvalue weighted by atomic mass is 10.2. The molecule has 0 aliphatic heterocycles. The monoisotopic (exact) mass is 501 g/mol. The molecule has 0 atom stereocenters. The van der Waals surface area contributed by atoms with Gasteiger partial charge in [-0.1, -0.05) is 46.3 Å². The summed E-state index contributed by atoms with van der Waals surface area (Å²) in [5.74, 6) is 0.0761. The lowest BCUT2D eigenvalue weighted by Gasteiger charge is -2.23. The van der Waals surface area contributed by atoms with Gasteiger partial charge in [-0.05, 0) is 54.1 Å². The molecular formula is C22H20BrN3O4S. The minimum atomic E-state index is -3.96. The molecule has 0 spiro atoms. The van der Waals surface area contributed by atoms with Gasteiger partial charge in [0.2, 0.25) is 0 Å². The van der Waals surface area contributed by atoms with E-state index in [0.29, 0.717) is 11.4 Å². The molecule has 0 saturated carbocycles. The number of hydrogen-bond donors (Lipinski definition) is 1. The van der Waals surface area contributed by atoms with Gasteiger partial charge in [0, 0.05) is 4.47 Å². The number of sulfonamides is 1. The van der Waals surface area contributed by atoms with E-state index < -0.39 is 22.5 Å². The molecule has 7 nitrogen and oxygen atoms in total. The van der Waals surface area contributed by atoms with Crippen molar-refractivity contribution in [1.82, 2.24) is 5.43 Å². The third kappa shape index (κ3) is 5.93. The highest BCUT2D eigenvalue weighted by Gasteiger charge is 2.27. The second-order valence-electron chi connectivity index (χ2n) is 6.37. The SMILES string of the molecule is COc1cccc(/C=N/NC(=O)CN(c2ccc(Br)cc2)S(=O)(=O)c2ccccc2)c1. The van der Waals surface area contributed by atoms with E-state index >= 15 is 0 Å². The number of hydrazone groups is 1. The molecule has 0 aliphatic rings. The predicted octanol–water partition coefficient (Wildman–Crippen LogP) is 3.80. The molecule has 0 unspecified atom stereocenters. The van der Waals surface area contributed by atoms with Crippen LogP contribution in [0.5, 0.6) is 5.75 Å². The molecule has 1 N–H and O–H groups in total. The smallest absolute Gasteiger partial charge is 0.264 e. The normalized spacial score (nSPS) is 11.3. The molecule has 3 aromatic carbocycles. The Morgan fingerprint density at radius 1 is 1.06 bits per heavy atom. The molecule has 160 valence electrons. The molecule has 0 aliphatic carbocycles. The lowest BCUT2D eigenvalue weighted by Crippen LogP contribution is -2.39. The van der Waals surface area contributed by atoms with E-state index in [0.717, 1.165) is 14.3 Å². The summed E-state index contributed by atoms with van der Waals surface area (Å²) < 4.78 is 33.4. The first-order valence-corrected chi connectivity index (χ1v) is 11.4. The Morgan fingerprint density at radius 3 is 2.45 bits per heavy atom. The van der Waals surface area contributed by atoms with E-state index in [9.17, 15) is 13.2 Å². The van der Waals surface area contributed by atoms with Crippen LogP contribution in [0.4, 0.5) is 5.69 Å². The van der Waals surface area contributed by atoms with Crippen molar-refractivity contribution in [2.24, 2.45) is 5.10 Å². The number of benzene rings is 3. The zero-order chi connectivity index (χ0) is 22.3. The summed E-state index contributed by atoms with van der Waals surface area (Å²) in [4.78, 5) is 12.6. The van der Waals surface area contributed by atoms with Crippen LogP contribution in [-0.4, -0.2) is 34.2 Å². The largest absolute Gasteiger partial charge is 0.497 e. The quantitative estimate of drug-likeness (QED) is 0.375. The Morgan fingerprint density at radius 2 is 1.77 bits per heavy atom. The zero-order valence-electron chi connectivity index (χ0n) is 16.6. The Labute approximate surface area is 189 Å². The lowest BCUT2D eigenvalue weighted by molar-refractivity contribution is -0.119. The second kappa shape index (κ2) is 10.2. The average Bonchev–Trinajstić information content (AvgIpc) is 2.79. The molecule has 9 heteroatoms. The molecule has 0 fully saturated rings. The fourth-order valence-corrected chi connectivity index (χ4v) is 4.41. The van der Waals surface area contributed by atoms with Crippen LogP contribution < -0.4 is 14.5 Å². The van der Waals surface area contributed by atoms with Gasteiger partial charge < -0.3 is 4.74 Å². The molecule has 0 saturated heterocycles. The van der Waals surface area contributed by atoms with Crippen molar-refractivity contribution in [2.45, 2.75) is 4.90 Å². The number of hydrogen-bond acceptors (Lipinski definition) is 5. The van der Waals surface area contributed by atoms with Crippen LogP contribution in [-0.2, 0) is 14.8 Å². The van der Waals surface area contributed by atoms with Gasteiger partial charge in [0.05, 0.1) is 23.9 Å². The first-order chi connectivity index (χ1) is 14.9. The van der Waals surface area contributed by atoms with Gasteiger partial charge in [-0.15, -0.1) is 0 Å². The van der Waals surface area contributed by atoms with Crippen molar-refractivity contribution in [3.63, 3.8) is 0 Å². The first kappa shape index (κ1) is 22.5. The summed E-state index contributed by atoms with van der Waals surface area (Å²) in [6.45, 7) is -0.436. The van der Waals surface area contributed by atoms with Crippen molar-refractivity contribution >= 4 is 43.8 Å². The van der Waals surface area contributed by atoms with Crippen LogP contribution in [0, 0.1) is 0 Å². The van der Waals surface area contributed by atoms with Crippen molar-refractivity contribution in [3.8, 4) is 5.75 Å². The van der Waals surface area contributed by atoms with Crippen LogP contribution in [0.3, 0.4) is 0 Å². The van der Waals surface area contributed by atoms with Gasteiger partial charge in [0.1, 0.15) is 12.3 Å². The fraction of sp³-hybridized carbons (Fsp3) is 0.0909. The molecular weight excluding hydrogens is 482 g/mol. The van der Waals surface area contributed by atoms with Gasteiger partial charge in [-0.3, -0.25) is 9.10 Å². The maximum absolute atomic E-state index is 13.2. The third-order valence-corrected chi connectivity index (χ3v) is 6.55. The van der Waals surface area contributed by atoms with Gasteiger partial charge in [0.25, 0.3) is 15.9 Å². The van der Waals surface area contributed by atoms with Crippen molar-refractivity contribution in [2.75, 3.05) is 18.0 Å². The summed E-state index contributed by atoms with van der Waals surface area (Å²) in [7, 11) is -2.40. The highest BCUT2D eigenvalue weighted by molar-refractivity contribution is 9.10. The molecule has 3 rings (SSSR count). The number of nitrogens with one attached hydrogen (secondary N) is 1. The van der Waals surface area contributed by atoms with Gasteiger partial charge in [0.15, 0.2) is 0 Å². The highest BCUT2D eigenvalue weighted by atomic mass is 79.9. The van der Waals surface area contributed by atoms with Crippen molar-refractivity contribution < 1.29 is 17.9 Å². The van der Waals surface area contributed by atoms with E-state index in [-0.39, 0.29) is 4.90 Å². The maximum Gasteiger partial charge on any atom is 0.264 e. The number of anilines is 1. The number of ether oxygens (including phenoxy) is 1. The Hall–Kier alpha value is -3.17. The number of carbonyl (C=O) groups excluding carboxylic acids is 1. The Balaban J connectivity index is 1.80. The van der Waals surface area contributed by atoms with Crippen LogP contribution in [0.1, 0.15) is 5.56 Å². The molecule has 0 aromatic heterocycles. The van der Waals surface area contributed by atoms with Crippen LogP contribution in [0.15, 0.2) is 93.3 Å². The van der Waals surface area contributed by atoms with Crippen LogP contribution in [0.2, 0.25) is 0 Å². The Bertz CT molecular complexity index is 1170.